The molecule has 2 fully saturated rings. The lowest BCUT2D eigenvalue weighted by Gasteiger charge is -2.13. The number of nitrogens with one attached hydrogen (secondary N) is 4. The Balaban J connectivity index is 1.35. The number of aromatic amines is 1. The number of carbonyl (C=O) groups excluding carboxylic acids is 2. The summed E-state index contributed by atoms with van der Waals surface area (Å²) in [5.41, 5.74) is 1.62. The van der Waals surface area contributed by atoms with Crippen LogP contribution < -0.4 is 10.6 Å². The summed E-state index contributed by atoms with van der Waals surface area (Å²) in [6.07, 6.45) is 0.951. The van der Waals surface area contributed by atoms with Crippen LogP contribution in [0.1, 0.15) is 59.3 Å². The van der Waals surface area contributed by atoms with Crippen LogP contribution in [-0.2, 0) is 11.3 Å². The molecule has 2 aliphatic rings. The van der Waals surface area contributed by atoms with E-state index in [9.17, 15) is 22.8 Å². The van der Waals surface area contributed by atoms with Crippen LogP contribution in [0.3, 0.4) is 0 Å². The normalized spacial score (nSPS) is 21.5. The van der Waals surface area contributed by atoms with Crippen LogP contribution in [0.4, 0.5) is 13.2 Å². The molecule has 1 saturated heterocycles. The highest BCUT2D eigenvalue weighted by Gasteiger charge is 2.47. The Bertz CT molecular complexity index is 1050. The Morgan fingerprint density at radius 1 is 1.34 bits per heavy atom. The van der Waals surface area contributed by atoms with Gasteiger partial charge in [-0.1, -0.05) is 5.16 Å². The van der Waals surface area contributed by atoms with Crippen LogP contribution in [0.5, 0.6) is 0 Å². The quantitative estimate of drug-likeness (QED) is 0.452. The van der Waals surface area contributed by atoms with E-state index >= 15 is 0 Å². The van der Waals surface area contributed by atoms with E-state index in [1.165, 1.54) is 12.3 Å². The van der Waals surface area contributed by atoms with Gasteiger partial charge >= 0.3 is 6.18 Å². The molecule has 4 rings (SSSR count). The number of carbonyl (C=O) groups is 2. The van der Waals surface area contributed by atoms with Crippen molar-refractivity contribution in [3.63, 3.8) is 0 Å². The maximum absolute atomic E-state index is 12.8. The molecular weight excluding hydrogens is 431 g/mol. The molecule has 0 aromatic carbocycles. The molecule has 4 N–H and O–H groups in total. The van der Waals surface area contributed by atoms with Gasteiger partial charge in [-0.3, -0.25) is 9.59 Å². The average Bonchev–Trinajstić information content (AvgIpc) is 3.13. The number of nitrogens with zero attached hydrogens (tertiary/aromatic N) is 3. The van der Waals surface area contributed by atoms with Gasteiger partial charge < -0.3 is 21.0 Å². The molecule has 1 aliphatic heterocycles. The predicted molar refractivity (Wildman–Crippen MR) is 104 cm³/mol. The van der Waals surface area contributed by atoms with Gasteiger partial charge in [-0.15, -0.1) is 0 Å². The summed E-state index contributed by atoms with van der Waals surface area (Å²) in [4.78, 5) is 31.3. The first kappa shape index (κ1) is 21.7. The molecule has 13 heteroatoms. The van der Waals surface area contributed by atoms with Crippen LogP contribution in [0.15, 0.2) is 16.4 Å². The number of alkyl halides is 3. The standard InChI is InChI=1S/C19H20F3N7O3/c20-19(21,22)13-5-11(17(30)27-13)3-9(6-23)4-14-24-7-12(26-14)8-25-18(31)16-15(10-1-2-10)28-32-29-16/h4,6-7,10-11,13,23H,1-3,5,8H2,(H,24,26)(H,25,31)(H,27,30)/b9-4-,23-6?. The van der Waals surface area contributed by atoms with E-state index in [1.807, 2.05) is 5.32 Å². The van der Waals surface area contributed by atoms with E-state index in [0.717, 1.165) is 19.1 Å². The number of aromatic nitrogens is 4. The third kappa shape index (κ3) is 4.86. The minimum Gasteiger partial charge on any atom is -0.345 e. The minimum absolute atomic E-state index is 0.0161. The molecule has 0 bridgehead atoms. The van der Waals surface area contributed by atoms with Crippen LogP contribution >= 0.6 is 0 Å². The zero-order chi connectivity index (χ0) is 22.9. The highest BCUT2D eigenvalue weighted by Crippen LogP contribution is 2.40. The molecular formula is C19H20F3N7O3. The van der Waals surface area contributed by atoms with Gasteiger partial charge in [-0.05, 0) is 42.5 Å². The summed E-state index contributed by atoms with van der Waals surface area (Å²) in [6.45, 7) is 0.120. The lowest BCUT2D eigenvalue weighted by molar-refractivity contribution is -0.154. The number of hydrogen-bond donors (Lipinski definition) is 4. The van der Waals surface area contributed by atoms with Crippen molar-refractivity contribution < 1.29 is 27.4 Å². The van der Waals surface area contributed by atoms with Gasteiger partial charge in [0.25, 0.3) is 5.91 Å². The third-order valence-electron chi connectivity index (χ3n) is 5.37. The van der Waals surface area contributed by atoms with Gasteiger partial charge in [0.1, 0.15) is 17.6 Å². The Kier molecular flexibility index (Phi) is 5.80. The first-order valence-electron chi connectivity index (χ1n) is 9.97. The second-order valence-corrected chi connectivity index (χ2v) is 7.85. The Morgan fingerprint density at radius 2 is 2.12 bits per heavy atom. The summed E-state index contributed by atoms with van der Waals surface area (Å²) in [6, 6.07) is -1.87. The second kappa shape index (κ2) is 8.55. The summed E-state index contributed by atoms with van der Waals surface area (Å²) >= 11 is 0. The van der Waals surface area contributed by atoms with Crippen molar-refractivity contribution in [2.75, 3.05) is 0 Å². The first-order chi connectivity index (χ1) is 15.2. The smallest absolute Gasteiger partial charge is 0.345 e. The molecule has 10 nitrogen and oxygen atoms in total. The van der Waals surface area contributed by atoms with Crippen molar-refractivity contribution in [1.29, 1.82) is 5.41 Å². The number of hydrogen-bond acceptors (Lipinski definition) is 7. The zero-order valence-electron chi connectivity index (χ0n) is 16.7. The first-order valence-corrected chi connectivity index (χ1v) is 9.97. The predicted octanol–water partition coefficient (Wildman–Crippen LogP) is 2.09. The Labute approximate surface area is 179 Å². The second-order valence-electron chi connectivity index (χ2n) is 7.85. The van der Waals surface area contributed by atoms with Crippen molar-refractivity contribution in [3.8, 4) is 0 Å². The van der Waals surface area contributed by atoms with Gasteiger partial charge in [0.05, 0.1) is 18.4 Å². The van der Waals surface area contributed by atoms with Crippen LogP contribution in [0.25, 0.3) is 6.08 Å². The van der Waals surface area contributed by atoms with Crippen LogP contribution in [0.2, 0.25) is 0 Å². The number of H-pyrrole nitrogens is 1. The third-order valence-corrected chi connectivity index (χ3v) is 5.37. The number of halogens is 3. The Hall–Kier alpha value is -3.51. The highest BCUT2D eigenvalue weighted by molar-refractivity contribution is 5.93. The van der Waals surface area contributed by atoms with Crippen molar-refractivity contribution >= 4 is 24.1 Å². The van der Waals surface area contributed by atoms with Gasteiger partial charge in [0, 0.05) is 18.1 Å². The van der Waals surface area contributed by atoms with Crippen LogP contribution in [0, 0.1) is 11.3 Å². The molecule has 3 heterocycles. The van der Waals surface area contributed by atoms with Crippen LogP contribution in [-0.4, -0.2) is 50.5 Å². The number of imidazole rings is 1. The van der Waals surface area contributed by atoms with Gasteiger partial charge in [-0.2, -0.15) is 13.2 Å². The topological polar surface area (TPSA) is 150 Å². The lowest BCUT2D eigenvalue weighted by Crippen LogP contribution is -2.38. The molecule has 2 unspecified atom stereocenters. The van der Waals surface area contributed by atoms with E-state index in [-0.39, 0.29) is 31.0 Å². The molecule has 32 heavy (non-hydrogen) atoms. The van der Waals surface area contributed by atoms with Crippen molar-refractivity contribution in [2.45, 2.75) is 50.4 Å². The Morgan fingerprint density at radius 3 is 2.78 bits per heavy atom. The zero-order valence-corrected chi connectivity index (χ0v) is 16.7. The number of allylic oxidation sites excluding steroid dienone is 1. The molecule has 0 spiro atoms. The molecule has 2 aromatic rings. The molecule has 2 amide bonds. The van der Waals surface area contributed by atoms with Gasteiger partial charge in [0.2, 0.25) is 5.91 Å². The maximum Gasteiger partial charge on any atom is 0.408 e. The molecule has 2 aromatic heterocycles. The lowest BCUT2D eigenvalue weighted by atomic mass is 9.96. The van der Waals surface area contributed by atoms with Gasteiger partial charge in [0.15, 0.2) is 5.69 Å². The highest BCUT2D eigenvalue weighted by atomic mass is 19.4. The summed E-state index contributed by atoms with van der Waals surface area (Å²) in [5.74, 6) is -1.43. The average molecular weight is 451 g/mol. The van der Waals surface area contributed by atoms with Crippen molar-refractivity contribution in [2.24, 2.45) is 5.92 Å². The fourth-order valence-electron chi connectivity index (χ4n) is 3.53. The van der Waals surface area contributed by atoms with E-state index < -0.39 is 30.0 Å². The van der Waals surface area contributed by atoms with Crippen molar-refractivity contribution in [1.82, 2.24) is 30.9 Å². The summed E-state index contributed by atoms with van der Waals surface area (Å²) < 4.78 is 43.2. The molecule has 2 atom stereocenters. The molecule has 0 radical (unpaired) electrons. The van der Waals surface area contributed by atoms with E-state index in [4.69, 9.17) is 5.41 Å². The largest absolute Gasteiger partial charge is 0.408 e. The molecule has 1 aliphatic carbocycles. The molecule has 1 saturated carbocycles. The van der Waals surface area contributed by atoms with Gasteiger partial charge in [-0.25, -0.2) is 9.61 Å². The minimum atomic E-state index is -4.50. The fraction of sp³-hybridized carbons (Fsp3) is 0.474. The van der Waals surface area contributed by atoms with E-state index in [0.29, 0.717) is 22.8 Å². The van der Waals surface area contributed by atoms with Crippen molar-refractivity contribution in [3.05, 3.63) is 34.7 Å². The SMILES string of the molecule is N=C/C(=C\c1ncc(CNC(=O)c2nonc2C2CC2)[nH]1)CC1CC(C(F)(F)F)NC1=O. The van der Waals surface area contributed by atoms with E-state index in [2.05, 4.69) is 30.2 Å². The summed E-state index contributed by atoms with van der Waals surface area (Å²) in [5, 5.41) is 19.6. The van der Waals surface area contributed by atoms with E-state index in [1.54, 1.807) is 0 Å². The number of rotatable bonds is 8. The fourth-order valence-corrected chi connectivity index (χ4v) is 3.53. The number of amides is 2. The monoisotopic (exact) mass is 451 g/mol. The maximum atomic E-state index is 12.8. The molecule has 170 valence electrons. The summed E-state index contributed by atoms with van der Waals surface area (Å²) in [7, 11) is 0.